The maximum Gasteiger partial charge on any atom is 0.0459 e. The maximum absolute atomic E-state index is 8.76. The molecule has 0 atom stereocenters. The lowest BCUT2D eigenvalue weighted by Crippen LogP contribution is -2.15. The molecule has 0 aliphatic heterocycles. The minimum Gasteiger partial charge on any atom is -0.396 e. The van der Waals surface area contributed by atoms with Crippen LogP contribution in [0.4, 0.5) is 0 Å². The van der Waals surface area contributed by atoms with E-state index in [9.17, 15) is 0 Å². The standard InChI is InChI=1S/C8H15O/c1-7-2-4-8(6-9)5-3-7/h7-9H,1-6H2/t7-,8+. The van der Waals surface area contributed by atoms with Gasteiger partial charge in [0.15, 0.2) is 0 Å². The lowest BCUT2D eigenvalue weighted by molar-refractivity contribution is 0.177. The van der Waals surface area contributed by atoms with Crippen molar-refractivity contribution in [3.63, 3.8) is 0 Å². The van der Waals surface area contributed by atoms with E-state index in [0.29, 0.717) is 18.4 Å². The van der Waals surface area contributed by atoms with Crippen molar-refractivity contribution < 1.29 is 5.11 Å². The molecule has 1 radical (unpaired) electrons. The van der Waals surface area contributed by atoms with Gasteiger partial charge in [-0.3, -0.25) is 0 Å². The molecule has 1 rings (SSSR count). The first-order valence-corrected chi connectivity index (χ1v) is 3.77. The van der Waals surface area contributed by atoms with Crippen molar-refractivity contribution in [3.05, 3.63) is 6.92 Å². The smallest absolute Gasteiger partial charge is 0.0459 e. The van der Waals surface area contributed by atoms with E-state index >= 15 is 0 Å². The average molecular weight is 127 g/mol. The van der Waals surface area contributed by atoms with Gasteiger partial charge in [-0.05, 0) is 24.7 Å². The molecule has 1 saturated carbocycles. The summed E-state index contributed by atoms with van der Waals surface area (Å²) in [7, 11) is 0. The van der Waals surface area contributed by atoms with E-state index in [1.807, 2.05) is 0 Å². The van der Waals surface area contributed by atoms with Gasteiger partial charge in [-0.25, -0.2) is 0 Å². The van der Waals surface area contributed by atoms with Crippen LogP contribution in [-0.2, 0) is 0 Å². The number of rotatable bonds is 1. The van der Waals surface area contributed by atoms with E-state index < -0.39 is 0 Å². The van der Waals surface area contributed by atoms with Gasteiger partial charge in [0.1, 0.15) is 0 Å². The lowest BCUT2D eigenvalue weighted by Gasteiger charge is -2.23. The monoisotopic (exact) mass is 127 g/mol. The van der Waals surface area contributed by atoms with Crippen molar-refractivity contribution >= 4 is 0 Å². The fraction of sp³-hybridized carbons (Fsp3) is 0.875. The summed E-state index contributed by atoms with van der Waals surface area (Å²) in [4.78, 5) is 0. The second-order valence-corrected chi connectivity index (χ2v) is 3.07. The summed E-state index contributed by atoms with van der Waals surface area (Å²) in [6.07, 6.45) is 4.80. The van der Waals surface area contributed by atoms with Crippen molar-refractivity contribution in [2.45, 2.75) is 25.7 Å². The zero-order valence-electron chi connectivity index (χ0n) is 5.84. The molecule has 1 nitrogen and oxygen atoms in total. The van der Waals surface area contributed by atoms with Crippen molar-refractivity contribution in [2.75, 3.05) is 6.61 Å². The number of hydrogen-bond donors (Lipinski definition) is 1. The molecule has 0 amide bonds. The van der Waals surface area contributed by atoms with Crippen LogP contribution in [0, 0.1) is 18.8 Å². The first kappa shape index (κ1) is 7.07. The van der Waals surface area contributed by atoms with Crippen LogP contribution in [0.2, 0.25) is 0 Å². The summed E-state index contributed by atoms with van der Waals surface area (Å²) in [5, 5.41) is 8.76. The second kappa shape index (κ2) is 3.21. The Kier molecular flexibility index (Phi) is 2.52. The molecule has 1 fully saturated rings. The Morgan fingerprint density at radius 3 is 2.22 bits per heavy atom. The highest BCUT2D eigenvalue weighted by Gasteiger charge is 2.16. The first-order valence-electron chi connectivity index (χ1n) is 3.77. The van der Waals surface area contributed by atoms with Gasteiger partial charge in [0.2, 0.25) is 0 Å². The lowest BCUT2D eigenvalue weighted by atomic mass is 9.84. The maximum atomic E-state index is 8.76. The SMILES string of the molecule is [CH2][C@H]1CC[C@@H](CO)CC1. The van der Waals surface area contributed by atoms with Crippen molar-refractivity contribution in [1.29, 1.82) is 0 Å². The first-order chi connectivity index (χ1) is 4.33. The Bertz CT molecular complexity index is 72.6. The Morgan fingerprint density at radius 2 is 1.78 bits per heavy atom. The largest absolute Gasteiger partial charge is 0.396 e. The Balaban J connectivity index is 2.18. The minimum absolute atomic E-state index is 0.382. The fourth-order valence-corrected chi connectivity index (χ4v) is 1.41. The molecule has 0 aromatic carbocycles. The van der Waals surface area contributed by atoms with Crippen molar-refractivity contribution in [3.8, 4) is 0 Å². The normalized spacial score (nSPS) is 36.7. The third kappa shape index (κ3) is 1.98. The van der Waals surface area contributed by atoms with Crippen LogP contribution in [0.3, 0.4) is 0 Å². The topological polar surface area (TPSA) is 20.2 Å². The summed E-state index contributed by atoms with van der Waals surface area (Å²) in [5.74, 6) is 1.25. The van der Waals surface area contributed by atoms with Crippen LogP contribution in [0.15, 0.2) is 0 Å². The predicted octanol–water partition coefficient (Wildman–Crippen LogP) is 1.62. The molecular formula is C8H15O. The van der Waals surface area contributed by atoms with E-state index in [1.165, 1.54) is 25.7 Å². The summed E-state index contributed by atoms with van der Waals surface area (Å²) in [5.41, 5.74) is 0. The average Bonchev–Trinajstić information content (AvgIpc) is 1.90. The van der Waals surface area contributed by atoms with E-state index in [2.05, 4.69) is 6.92 Å². The van der Waals surface area contributed by atoms with Gasteiger partial charge in [-0.1, -0.05) is 19.8 Å². The van der Waals surface area contributed by atoms with Crippen LogP contribution in [-0.4, -0.2) is 11.7 Å². The molecule has 0 heterocycles. The van der Waals surface area contributed by atoms with Gasteiger partial charge in [0, 0.05) is 6.61 Å². The summed E-state index contributed by atoms with van der Waals surface area (Å²) in [6, 6.07) is 0. The van der Waals surface area contributed by atoms with Crippen LogP contribution in [0.5, 0.6) is 0 Å². The molecule has 0 bridgehead atoms. The van der Waals surface area contributed by atoms with Gasteiger partial charge < -0.3 is 5.11 Å². The predicted molar refractivity (Wildman–Crippen MR) is 37.9 cm³/mol. The summed E-state index contributed by atoms with van der Waals surface area (Å²) in [6.45, 7) is 4.37. The van der Waals surface area contributed by atoms with Crippen LogP contribution in [0.1, 0.15) is 25.7 Å². The molecule has 1 heteroatoms. The number of aliphatic hydroxyl groups is 1. The minimum atomic E-state index is 0.382. The molecule has 0 aromatic rings. The van der Waals surface area contributed by atoms with Crippen LogP contribution >= 0.6 is 0 Å². The van der Waals surface area contributed by atoms with E-state index in [1.54, 1.807) is 0 Å². The number of aliphatic hydroxyl groups excluding tert-OH is 1. The van der Waals surface area contributed by atoms with Gasteiger partial charge in [-0.2, -0.15) is 0 Å². The third-order valence-electron chi connectivity index (χ3n) is 2.22. The van der Waals surface area contributed by atoms with Gasteiger partial charge >= 0.3 is 0 Å². The summed E-state index contributed by atoms with van der Waals surface area (Å²) >= 11 is 0. The van der Waals surface area contributed by atoms with Crippen LogP contribution < -0.4 is 0 Å². The van der Waals surface area contributed by atoms with Gasteiger partial charge in [0.05, 0.1) is 0 Å². The molecular weight excluding hydrogens is 112 g/mol. The highest BCUT2D eigenvalue weighted by molar-refractivity contribution is 4.72. The summed E-state index contributed by atoms with van der Waals surface area (Å²) < 4.78 is 0. The molecule has 0 spiro atoms. The molecule has 1 N–H and O–H groups in total. The second-order valence-electron chi connectivity index (χ2n) is 3.07. The fourth-order valence-electron chi connectivity index (χ4n) is 1.41. The molecule has 1 aliphatic carbocycles. The number of hydrogen-bond acceptors (Lipinski definition) is 1. The van der Waals surface area contributed by atoms with E-state index in [-0.39, 0.29) is 0 Å². The van der Waals surface area contributed by atoms with Crippen LogP contribution in [0.25, 0.3) is 0 Å². The molecule has 53 valence electrons. The molecule has 0 saturated heterocycles. The Labute approximate surface area is 57.1 Å². The quantitative estimate of drug-likeness (QED) is 0.567. The molecule has 1 aliphatic rings. The van der Waals surface area contributed by atoms with Gasteiger partial charge in [0.25, 0.3) is 0 Å². The third-order valence-corrected chi connectivity index (χ3v) is 2.22. The Hall–Kier alpha value is -0.0400. The van der Waals surface area contributed by atoms with Crippen molar-refractivity contribution in [2.24, 2.45) is 11.8 Å². The Morgan fingerprint density at radius 1 is 1.22 bits per heavy atom. The highest BCUT2D eigenvalue weighted by atomic mass is 16.3. The van der Waals surface area contributed by atoms with Crippen molar-refractivity contribution in [1.82, 2.24) is 0 Å². The zero-order chi connectivity index (χ0) is 6.69. The molecule has 0 unspecified atom stereocenters. The van der Waals surface area contributed by atoms with Gasteiger partial charge in [-0.15, -0.1) is 0 Å². The highest BCUT2D eigenvalue weighted by Crippen LogP contribution is 2.27. The molecule has 0 aromatic heterocycles. The molecule has 9 heavy (non-hydrogen) atoms. The zero-order valence-corrected chi connectivity index (χ0v) is 5.84. The van der Waals surface area contributed by atoms with E-state index in [0.717, 1.165) is 0 Å². The van der Waals surface area contributed by atoms with E-state index in [4.69, 9.17) is 5.11 Å².